The van der Waals surface area contributed by atoms with Gasteiger partial charge in [-0.05, 0) is 47.9 Å². The molecule has 2 N–H and O–H groups in total. The van der Waals surface area contributed by atoms with Crippen molar-refractivity contribution in [2.75, 3.05) is 19.5 Å². The number of ether oxygens (including phenoxy) is 2. The van der Waals surface area contributed by atoms with Crippen molar-refractivity contribution in [3.05, 3.63) is 59.0 Å². The molecule has 2 aromatic carbocycles. The quantitative estimate of drug-likeness (QED) is 0.507. The van der Waals surface area contributed by atoms with Gasteiger partial charge in [0.05, 0.1) is 14.2 Å². The van der Waals surface area contributed by atoms with Gasteiger partial charge in [-0.3, -0.25) is 0 Å². The number of thiophene rings is 1. The van der Waals surface area contributed by atoms with E-state index >= 15 is 0 Å². The molecule has 3 aromatic rings. The van der Waals surface area contributed by atoms with Crippen molar-refractivity contribution >= 4 is 50.4 Å². The van der Waals surface area contributed by atoms with Crippen LogP contribution in [0.25, 0.3) is 10.1 Å². The minimum Gasteiger partial charge on any atom is -0.496 e. The predicted octanol–water partition coefficient (Wildman–Crippen LogP) is 4.18. The van der Waals surface area contributed by atoms with E-state index in [-0.39, 0.29) is 5.97 Å². The molecule has 0 fully saturated rings. The molecule has 0 radical (unpaired) electrons. The van der Waals surface area contributed by atoms with Crippen molar-refractivity contribution in [3.63, 3.8) is 0 Å². The van der Waals surface area contributed by atoms with E-state index in [0.29, 0.717) is 16.5 Å². The Balaban J connectivity index is 1.66. The molecule has 3 rings (SSSR count). The number of methoxy groups -OCH3 is 2. The predicted molar refractivity (Wildman–Crippen MR) is 109 cm³/mol. The summed E-state index contributed by atoms with van der Waals surface area (Å²) < 4.78 is 11.1. The first kappa shape index (κ1) is 18.2. The number of thiocarbonyl (C=S) groups is 1. The monoisotopic (exact) mass is 386 g/mol. The molecule has 0 aliphatic heterocycles. The Bertz CT molecular complexity index is 953. The molecule has 1 heterocycles. The van der Waals surface area contributed by atoms with Gasteiger partial charge in [-0.15, -0.1) is 11.3 Å². The molecule has 0 saturated heterocycles. The summed E-state index contributed by atoms with van der Waals surface area (Å²) in [6, 6.07) is 15.4. The van der Waals surface area contributed by atoms with Gasteiger partial charge in [0.1, 0.15) is 10.6 Å². The van der Waals surface area contributed by atoms with Gasteiger partial charge in [0.2, 0.25) is 0 Å². The lowest BCUT2D eigenvalue weighted by Gasteiger charge is -2.12. The second kappa shape index (κ2) is 8.16. The highest BCUT2D eigenvalue weighted by Gasteiger charge is 2.11. The van der Waals surface area contributed by atoms with E-state index in [2.05, 4.69) is 10.6 Å². The molecule has 1 aromatic heterocycles. The maximum Gasteiger partial charge on any atom is 0.348 e. The van der Waals surface area contributed by atoms with Gasteiger partial charge < -0.3 is 20.1 Å². The van der Waals surface area contributed by atoms with Crippen molar-refractivity contribution in [2.45, 2.75) is 6.54 Å². The van der Waals surface area contributed by atoms with Gasteiger partial charge in [0.25, 0.3) is 0 Å². The van der Waals surface area contributed by atoms with Crippen LogP contribution in [0.5, 0.6) is 5.75 Å². The highest BCUT2D eigenvalue weighted by Crippen LogP contribution is 2.28. The van der Waals surface area contributed by atoms with E-state index in [1.807, 2.05) is 48.5 Å². The number of anilines is 1. The van der Waals surface area contributed by atoms with Crippen LogP contribution >= 0.6 is 23.6 Å². The molecule has 0 amide bonds. The molecule has 0 saturated carbocycles. The first-order valence-electron chi connectivity index (χ1n) is 7.89. The average molecular weight is 386 g/mol. The lowest BCUT2D eigenvalue weighted by atomic mass is 10.2. The van der Waals surface area contributed by atoms with Gasteiger partial charge in [0.15, 0.2) is 5.11 Å². The smallest absolute Gasteiger partial charge is 0.348 e. The maximum absolute atomic E-state index is 11.6. The van der Waals surface area contributed by atoms with Crippen LogP contribution in [-0.2, 0) is 11.3 Å². The van der Waals surface area contributed by atoms with Crippen LogP contribution in [0, 0.1) is 0 Å². The number of carbonyl (C=O) groups is 1. The van der Waals surface area contributed by atoms with Crippen LogP contribution < -0.4 is 15.4 Å². The molecule has 26 heavy (non-hydrogen) atoms. The molecular weight excluding hydrogens is 368 g/mol. The number of para-hydroxylation sites is 1. The van der Waals surface area contributed by atoms with Crippen LogP contribution in [0.2, 0.25) is 0 Å². The first-order chi connectivity index (χ1) is 12.6. The minimum atomic E-state index is -0.324. The van der Waals surface area contributed by atoms with Crippen LogP contribution in [0.15, 0.2) is 48.5 Å². The number of fused-ring (bicyclic) bond motifs is 1. The Kier molecular flexibility index (Phi) is 5.70. The fourth-order valence-electron chi connectivity index (χ4n) is 2.52. The van der Waals surface area contributed by atoms with Gasteiger partial charge >= 0.3 is 5.97 Å². The van der Waals surface area contributed by atoms with E-state index in [9.17, 15) is 4.79 Å². The molecule has 0 bridgehead atoms. The second-order valence-electron chi connectivity index (χ2n) is 5.47. The molecule has 7 heteroatoms. The molecule has 0 aliphatic carbocycles. The molecule has 5 nitrogen and oxygen atoms in total. The Morgan fingerprint density at radius 2 is 1.96 bits per heavy atom. The summed E-state index contributed by atoms with van der Waals surface area (Å²) in [5.41, 5.74) is 1.87. The summed E-state index contributed by atoms with van der Waals surface area (Å²) in [6.45, 7) is 0.559. The Morgan fingerprint density at radius 1 is 1.15 bits per heavy atom. The number of carbonyl (C=O) groups excluding carboxylic acids is 1. The zero-order valence-electron chi connectivity index (χ0n) is 14.4. The molecular formula is C19H18N2O3S2. The zero-order valence-corrected chi connectivity index (χ0v) is 16.0. The largest absolute Gasteiger partial charge is 0.496 e. The van der Waals surface area contributed by atoms with E-state index in [0.717, 1.165) is 27.1 Å². The summed E-state index contributed by atoms with van der Waals surface area (Å²) in [4.78, 5) is 12.2. The van der Waals surface area contributed by atoms with Crippen molar-refractivity contribution in [2.24, 2.45) is 0 Å². The van der Waals surface area contributed by atoms with E-state index in [4.69, 9.17) is 21.7 Å². The number of rotatable bonds is 5. The molecule has 0 spiro atoms. The third-order valence-electron chi connectivity index (χ3n) is 3.79. The number of hydrogen-bond acceptors (Lipinski definition) is 5. The van der Waals surface area contributed by atoms with Crippen LogP contribution in [0.3, 0.4) is 0 Å². The minimum absolute atomic E-state index is 0.324. The number of hydrogen-bond donors (Lipinski definition) is 2. The topological polar surface area (TPSA) is 59.6 Å². The van der Waals surface area contributed by atoms with Gasteiger partial charge in [-0.2, -0.15) is 0 Å². The van der Waals surface area contributed by atoms with E-state index in [1.165, 1.54) is 18.4 Å². The number of benzene rings is 2. The van der Waals surface area contributed by atoms with Crippen LogP contribution in [0.4, 0.5) is 5.69 Å². The summed E-state index contributed by atoms with van der Waals surface area (Å²) in [5, 5.41) is 7.81. The number of nitrogens with one attached hydrogen (secondary N) is 2. The first-order valence-corrected chi connectivity index (χ1v) is 9.12. The maximum atomic E-state index is 11.6. The van der Waals surface area contributed by atoms with Crippen molar-refractivity contribution < 1.29 is 14.3 Å². The van der Waals surface area contributed by atoms with Crippen molar-refractivity contribution in [1.29, 1.82) is 0 Å². The second-order valence-corrected chi connectivity index (χ2v) is 6.97. The highest BCUT2D eigenvalue weighted by molar-refractivity contribution is 7.80. The molecule has 134 valence electrons. The van der Waals surface area contributed by atoms with Gasteiger partial charge in [-0.25, -0.2) is 4.79 Å². The Hall–Kier alpha value is -2.64. The summed E-state index contributed by atoms with van der Waals surface area (Å²) in [6.07, 6.45) is 0. The van der Waals surface area contributed by atoms with Gasteiger partial charge in [-0.1, -0.05) is 18.2 Å². The Morgan fingerprint density at radius 3 is 2.73 bits per heavy atom. The highest BCUT2D eigenvalue weighted by atomic mass is 32.1. The normalized spacial score (nSPS) is 10.4. The van der Waals surface area contributed by atoms with Crippen LogP contribution in [-0.4, -0.2) is 25.3 Å². The van der Waals surface area contributed by atoms with Crippen LogP contribution in [0.1, 0.15) is 15.2 Å². The fourth-order valence-corrected chi connectivity index (χ4v) is 3.67. The molecule has 0 aliphatic rings. The van der Waals surface area contributed by atoms with E-state index in [1.54, 1.807) is 7.11 Å². The molecule has 0 unspecified atom stereocenters. The average Bonchev–Trinajstić information content (AvgIpc) is 3.09. The lowest BCUT2D eigenvalue weighted by molar-refractivity contribution is 0.0606. The van der Waals surface area contributed by atoms with Crippen molar-refractivity contribution in [1.82, 2.24) is 5.32 Å². The third kappa shape index (κ3) is 4.12. The fraction of sp³-hybridized carbons (Fsp3) is 0.158. The molecule has 0 atom stereocenters. The lowest BCUT2D eigenvalue weighted by Crippen LogP contribution is -2.28. The standard InChI is InChI=1S/C19H18N2O3S2/c1-23-15-6-4-3-5-12(15)11-20-19(25)21-14-7-8-16-13(9-14)10-17(26-16)18(22)24-2/h3-10H,11H2,1-2H3,(H2,20,21,25). The zero-order chi connectivity index (χ0) is 18.5. The van der Waals surface area contributed by atoms with Gasteiger partial charge in [0, 0.05) is 22.5 Å². The summed E-state index contributed by atoms with van der Waals surface area (Å²) >= 11 is 6.77. The SMILES string of the molecule is COC(=O)c1cc2cc(NC(=S)NCc3ccccc3OC)ccc2s1. The van der Waals surface area contributed by atoms with Crippen molar-refractivity contribution in [3.8, 4) is 5.75 Å². The van der Waals surface area contributed by atoms with E-state index < -0.39 is 0 Å². The number of esters is 1. The third-order valence-corrected chi connectivity index (χ3v) is 5.14. The summed E-state index contributed by atoms with van der Waals surface area (Å²) in [5.74, 6) is 0.493. The Labute approximate surface area is 160 Å². The summed E-state index contributed by atoms with van der Waals surface area (Å²) in [7, 11) is 3.03.